The van der Waals surface area contributed by atoms with E-state index in [4.69, 9.17) is 11.1 Å². The second-order valence-electron chi connectivity index (χ2n) is 6.29. The van der Waals surface area contributed by atoms with Crippen LogP contribution in [0.15, 0.2) is 70.4 Å². The van der Waals surface area contributed by atoms with E-state index in [1.54, 1.807) is 31.2 Å². The van der Waals surface area contributed by atoms with Gasteiger partial charge in [0.2, 0.25) is 0 Å². The fourth-order valence-corrected chi connectivity index (χ4v) is 2.62. The van der Waals surface area contributed by atoms with Gasteiger partial charge in [0, 0.05) is 27.1 Å². The van der Waals surface area contributed by atoms with Crippen molar-refractivity contribution in [3.8, 4) is 0 Å². The van der Waals surface area contributed by atoms with Crippen LogP contribution in [0.1, 0.15) is 31.4 Å². The van der Waals surface area contributed by atoms with Crippen LogP contribution in [0.25, 0.3) is 33.0 Å². The smallest absolute Gasteiger partial charge is 0.161 e. The molecule has 28 heavy (non-hydrogen) atoms. The van der Waals surface area contributed by atoms with E-state index < -0.39 is 0 Å². The lowest BCUT2D eigenvalue weighted by molar-refractivity contribution is -0.118. The van der Waals surface area contributed by atoms with Crippen molar-refractivity contribution in [2.24, 2.45) is 16.1 Å². The number of azide groups is 2. The summed E-state index contributed by atoms with van der Waals surface area (Å²) in [6.45, 7) is 3.71. The Kier molecular flexibility index (Phi) is 7.61. The molecule has 0 spiro atoms. The van der Waals surface area contributed by atoms with Crippen molar-refractivity contribution in [2.75, 3.05) is 0 Å². The van der Waals surface area contributed by atoms with Gasteiger partial charge in [0.15, 0.2) is 5.78 Å². The maximum atomic E-state index is 12.6. The Balaban J connectivity index is 1.96. The zero-order chi connectivity index (χ0) is 20.4. The predicted octanol–water partition coefficient (Wildman–Crippen LogP) is 7.28. The average molecular weight is 372 g/mol. The normalized spacial score (nSPS) is 12.1. The van der Waals surface area contributed by atoms with Crippen LogP contribution in [0, 0.1) is 5.92 Å². The zero-order valence-corrected chi connectivity index (χ0v) is 15.7. The molecule has 2 aromatic rings. The van der Waals surface area contributed by atoms with Gasteiger partial charge in [-0.3, -0.25) is 4.79 Å². The second-order valence-corrected chi connectivity index (χ2v) is 6.29. The quantitative estimate of drug-likeness (QED) is 0.206. The van der Waals surface area contributed by atoms with Crippen LogP contribution in [0.5, 0.6) is 0 Å². The fourth-order valence-electron chi connectivity index (χ4n) is 2.62. The van der Waals surface area contributed by atoms with Crippen molar-refractivity contribution >= 4 is 29.3 Å². The van der Waals surface area contributed by atoms with Crippen LogP contribution in [0.3, 0.4) is 0 Å². The maximum Gasteiger partial charge on any atom is 0.161 e. The Morgan fingerprint density at radius 3 is 1.96 bits per heavy atom. The van der Waals surface area contributed by atoms with Gasteiger partial charge in [0.25, 0.3) is 0 Å². The molecule has 0 fully saturated rings. The van der Waals surface area contributed by atoms with E-state index in [0.29, 0.717) is 23.4 Å². The number of ketones is 1. The van der Waals surface area contributed by atoms with Gasteiger partial charge < -0.3 is 0 Å². The number of hydrogen-bond acceptors (Lipinski definition) is 3. The predicted molar refractivity (Wildman–Crippen MR) is 112 cm³/mol. The number of allylic oxidation sites excluding steroid dienone is 2. The van der Waals surface area contributed by atoms with E-state index in [-0.39, 0.29) is 11.7 Å². The van der Waals surface area contributed by atoms with Gasteiger partial charge in [0.05, 0.1) is 0 Å². The highest BCUT2D eigenvalue weighted by Crippen LogP contribution is 2.19. The first-order chi connectivity index (χ1) is 13.5. The third-order valence-electron chi connectivity index (χ3n) is 4.13. The van der Waals surface area contributed by atoms with Crippen LogP contribution in [0.4, 0.5) is 11.4 Å². The van der Waals surface area contributed by atoms with Gasteiger partial charge in [-0.1, -0.05) is 77.8 Å². The summed E-state index contributed by atoms with van der Waals surface area (Å²) in [5, 5.41) is 7.06. The number of nitrogens with zero attached hydrogens (tertiary/aromatic N) is 6. The summed E-state index contributed by atoms with van der Waals surface area (Å²) < 4.78 is 0. The number of carbonyl (C=O) groups is 1. The molecule has 1 unspecified atom stereocenters. The van der Waals surface area contributed by atoms with E-state index in [1.807, 2.05) is 49.4 Å². The first-order valence-electron chi connectivity index (χ1n) is 8.73. The van der Waals surface area contributed by atoms with E-state index in [1.165, 1.54) is 0 Å². The molecule has 7 heteroatoms. The van der Waals surface area contributed by atoms with E-state index in [0.717, 1.165) is 11.1 Å². The first-order valence-corrected chi connectivity index (χ1v) is 8.73. The lowest BCUT2D eigenvalue weighted by atomic mass is 9.95. The SMILES string of the molecule is CC(=Cc1ccc(N=[N+]=[N-])cc1)C(=O)C(C)CC=Cc1ccc(N=[N+]=[N-])cc1. The molecule has 0 aliphatic heterocycles. The third-order valence-corrected chi connectivity index (χ3v) is 4.13. The Morgan fingerprint density at radius 2 is 1.46 bits per heavy atom. The van der Waals surface area contributed by atoms with Gasteiger partial charge in [-0.2, -0.15) is 0 Å². The first kappa shape index (κ1) is 20.5. The largest absolute Gasteiger partial charge is 0.294 e. The molecule has 0 saturated carbocycles. The topological polar surface area (TPSA) is 115 Å². The van der Waals surface area contributed by atoms with Crippen LogP contribution in [-0.2, 0) is 4.79 Å². The number of carbonyl (C=O) groups excluding carboxylic acids is 1. The van der Waals surface area contributed by atoms with Crippen LogP contribution in [0.2, 0.25) is 0 Å². The van der Waals surface area contributed by atoms with Crippen LogP contribution < -0.4 is 0 Å². The van der Waals surface area contributed by atoms with Crippen LogP contribution in [-0.4, -0.2) is 5.78 Å². The number of hydrogen-bond donors (Lipinski definition) is 0. The minimum Gasteiger partial charge on any atom is -0.294 e. The Morgan fingerprint density at radius 1 is 0.964 bits per heavy atom. The van der Waals surface area contributed by atoms with Gasteiger partial charge in [-0.15, -0.1) is 0 Å². The Bertz CT molecular complexity index is 977. The molecule has 0 saturated heterocycles. The second kappa shape index (κ2) is 10.4. The summed E-state index contributed by atoms with van der Waals surface area (Å²) in [7, 11) is 0. The summed E-state index contributed by atoms with van der Waals surface area (Å²) >= 11 is 0. The molecular weight excluding hydrogens is 352 g/mol. The molecule has 0 amide bonds. The summed E-state index contributed by atoms with van der Waals surface area (Å²) in [6.07, 6.45) is 6.36. The highest BCUT2D eigenvalue weighted by Gasteiger charge is 2.13. The maximum absolute atomic E-state index is 12.6. The molecule has 140 valence electrons. The van der Waals surface area contributed by atoms with Crippen LogP contribution >= 0.6 is 0 Å². The molecular formula is C21H20N6O. The summed E-state index contributed by atoms with van der Waals surface area (Å²) in [4.78, 5) is 18.0. The lowest BCUT2D eigenvalue weighted by Gasteiger charge is -2.08. The Hall–Kier alpha value is -3.79. The molecule has 0 bridgehead atoms. The third kappa shape index (κ3) is 6.18. The zero-order valence-electron chi connectivity index (χ0n) is 15.7. The van der Waals surface area contributed by atoms with Crippen molar-refractivity contribution in [1.82, 2.24) is 0 Å². The molecule has 0 aromatic heterocycles. The number of rotatable bonds is 8. The van der Waals surface area contributed by atoms with E-state index >= 15 is 0 Å². The fraction of sp³-hybridized carbons (Fsp3) is 0.190. The standard InChI is InChI=1S/C21H20N6O/c1-15(4-3-5-17-6-10-19(11-7-17)24-26-22)21(28)16(2)14-18-8-12-20(13-9-18)25-27-23/h3,5-15H,4H2,1-2H3. The molecule has 7 nitrogen and oxygen atoms in total. The molecule has 0 N–H and O–H groups in total. The molecule has 1 atom stereocenters. The van der Waals surface area contributed by atoms with Gasteiger partial charge in [-0.25, -0.2) is 0 Å². The molecule has 2 aromatic carbocycles. The number of benzene rings is 2. The van der Waals surface area contributed by atoms with E-state index in [9.17, 15) is 4.79 Å². The van der Waals surface area contributed by atoms with Gasteiger partial charge >= 0.3 is 0 Å². The Labute approximate surface area is 163 Å². The highest BCUT2D eigenvalue weighted by atomic mass is 16.1. The molecule has 0 aliphatic carbocycles. The van der Waals surface area contributed by atoms with Crippen molar-refractivity contribution in [1.29, 1.82) is 0 Å². The lowest BCUT2D eigenvalue weighted by Crippen LogP contribution is -2.11. The minimum absolute atomic E-state index is 0.0856. The average Bonchev–Trinajstić information content (AvgIpc) is 2.70. The molecule has 0 radical (unpaired) electrons. The summed E-state index contributed by atoms with van der Waals surface area (Å²) in [6, 6.07) is 14.3. The van der Waals surface area contributed by atoms with Crippen molar-refractivity contribution in [3.05, 3.63) is 92.2 Å². The minimum atomic E-state index is -0.141. The summed E-state index contributed by atoms with van der Waals surface area (Å²) in [5.74, 6) is -0.0556. The van der Waals surface area contributed by atoms with Crippen molar-refractivity contribution < 1.29 is 4.79 Å². The number of Topliss-reactive ketones (excluding diaryl/α,β-unsaturated/α-hetero) is 1. The summed E-state index contributed by atoms with van der Waals surface area (Å²) in [5.41, 5.74) is 20.5. The van der Waals surface area contributed by atoms with Crippen molar-refractivity contribution in [3.63, 3.8) is 0 Å². The molecule has 2 rings (SSSR count). The van der Waals surface area contributed by atoms with Gasteiger partial charge in [-0.05, 0) is 47.2 Å². The monoisotopic (exact) mass is 372 g/mol. The van der Waals surface area contributed by atoms with E-state index in [2.05, 4.69) is 20.1 Å². The highest BCUT2D eigenvalue weighted by molar-refractivity contribution is 6.00. The molecule has 0 aliphatic rings. The van der Waals surface area contributed by atoms with Gasteiger partial charge in [0.1, 0.15) is 0 Å². The van der Waals surface area contributed by atoms with Crippen molar-refractivity contribution in [2.45, 2.75) is 20.3 Å². The molecule has 0 heterocycles.